The summed E-state index contributed by atoms with van der Waals surface area (Å²) in [5.74, 6) is 0. The number of benzene rings is 1. The van der Waals surface area contributed by atoms with Gasteiger partial charge in [0.2, 0.25) is 10.0 Å². The lowest BCUT2D eigenvalue weighted by atomic mass is 10.2. The average molecular weight is 242 g/mol. The van der Waals surface area contributed by atoms with Crippen LogP contribution >= 0.6 is 0 Å². The fourth-order valence-electron chi connectivity index (χ4n) is 1.35. The molecule has 0 aliphatic carbocycles. The Morgan fingerprint density at radius 3 is 2.56 bits per heavy atom. The van der Waals surface area contributed by atoms with Gasteiger partial charge in [-0.2, -0.15) is 0 Å². The average Bonchev–Trinajstić information content (AvgIpc) is 2.28. The molecule has 0 aliphatic heterocycles. The van der Waals surface area contributed by atoms with E-state index in [-0.39, 0.29) is 17.5 Å². The highest BCUT2D eigenvalue weighted by atomic mass is 32.2. The lowest BCUT2D eigenvalue weighted by Crippen LogP contribution is -2.32. The van der Waals surface area contributed by atoms with Crippen LogP contribution in [0.3, 0.4) is 0 Å². The Kier molecular flexibility index (Phi) is 4.46. The van der Waals surface area contributed by atoms with Crippen molar-refractivity contribution in [1.29, 1.82) is 0 Å². The molecule has 1 unspecified atom stereocenters. The topological polar surface area (TPSA) is 72.2 Å². The SMILES string of the molecule is CCC(C)NS(=O)(=O)c1ccccc1CN. The molecule has 5 heteroatoms. The highest BCUT2D eigenvalue weighted by Crippen LogP contribution is 2.15. The van der Waals surface area contributed by atoms with E-state index in [1.807, 2.05) is 13.8 Å². The van der Waals surface area contributed by atoms with Gasteiger partial charge in [0.05, 0.1) is 4.90 Å². The summed E-state index contributed by atoms with van der Waals surface area (Å²) in [7, 11) is -3.44. The molecule has 0 radical (unpaired) electrons. The zero-order chi connectivity index (χ0) is 12.2. The van der Waals surface area contributed by atoms with Gasteiger partial charge in [-0.3, -0.25) is 0 Å². The Morgan fingerprint density at radius 1 is 1.38 bits per heavy atom. The fraction of sp³-hybridized carbons (Fsp3) is 0.455. The van der Waals surface area contributed by atoms with Crippen molar-refractivity contribution < 1.29 is 8.42 Å². The summed E-state index contributed by atoms with van der Waals surface area (Å²) in [6.45, 7) is 3.99. The third-order valence-corrected chi connectivity index (χ3v) is 4.14. The van der Waals surface area contributed by atoms with E-state index in [1.165, 1.54) is 0 Å². The highest BCUT2D eigenvalue weighted by molar-refractivity contribution is 7.89. The summed E-state index contributed by atoms with van der Waals surface area (Å²) >= 11 is 0. The monoisotopic (exact) mass is 242 g/mol. The van der Waals surface area contributed by atoms with Gasteiger partial charge >= 0.3 is 0 Å². The number of hydrogen-bond donors (Lipinski definition) is 2. The molecule has 0 aromatic heterocycles. The van der Waals surface area contributed by atoms with Gasteiger partial charge < -0.3 is 5.73 Å². The van der Waals surface area contributed by atoms with E-state index >= 15 is 0 Å². The molecule has 1 atom stereocenters. The maximum atomic E-state index is 12.0. The first-order chi connectivity index (χ1) is 7.51. The van der Waals surface area contributed by atoms with Crippen molar-refractivity contribution in [1.82, 2.24) is 4.72 Å². The van der Waals surface area contributed by atoms with Gasteiger partial charge in [-0.25, -0.2) is 13.1 Å². The van der Waals surface area contributed by atoms with E-state index in [9.17, 15) is 8.42 Å². The Balaban J connectivity index is 3.07. The number of rotatable bonds is 5. The predicted octanol–water partition coefficient (Wildman–Crippen LogP) is 1.22. The van der Waals surface area contributed by atoms with E-state index in [1.54, 1.807) is 24.3 Å². The summed E-state index contributed by atoms with van der Waals surface area (Å²) in [5.41, 5.74) is 6.16. The molecular formula is C11H18N2O2S. The van der Waals surface area contributed by atoms with Gasteiger partial charge in [0.1, 0.15) is 0 Å². The van der Waals surface area contributed by atoms with E-state index in [2.05, 4.69) is 4.72 Å². The lowest BCUT2D eigenvalue weighted by molar-refractivity contribution is 0.555. The molecule has 1 aromatic rings. The summed E-state index contributed by atoms with van der Waals surface area (Å²) in [4.78, 5) is 0.276. The normalized spacial score (nSPS) is 13.7. The maximum absolute atomic E-state index is 12.0. The molecular weight excluding hydrogens is 224 g/mol. The van der Waals surface area contributed by atoms with Crippen molar-refractivity contribution in [3.63, 3.8) is 0 Å². The molecule has 0 bridgehead atoms. The van der Waals surface area contributed by atoms with Crippen LogP contribution in [0.15, 0.2) is 29.2 Å². The minimum absolute atomic E-state index is 0.0733. The second-order valence-corrected chi connectivity index (χ2v) is 5.42. The van der Waals surface area contributed by atoms with Gasteiger partial charge in [0, 0.05) is 12.6 Å². The van der Waals surface area contributed by atoms with Crippen molar-refractivity contribution in [2.45, 2.75) is 37.8 Å². The molecule has 16 heavy (non-hydrogen) atoms. The van der Waals surface area contributed by atoms with Crippen LogP contribution in [0.1, 0.15) is 25.8 Å². The van der Waals surface area contributed by atoms with E-state index in [4.69, 9.17) is 5.73 Å². The molecule has 90 valence electrons. The molecule has 3 N–H and O–H groups in total. The predicted molar refractivity (Wildman–Crippen MR) is 64.4 cm³/mol. The zero-order valence-electron chi connectivity index (χ0n) is 9.60. The first kappa shape index (κ1) is 13.2. The molecule has 0 heterocycles. The first-order valence-electron chi connectivity index (χ1n) is 5.31. The summed E-state index contributed by atoms with van der Waals surface area (Å²) < 4.78 is 26.6. The summed E-state index contributed by atoms with van der Waals surface area (Å²) in [6, 6.07) is 6.71. The Labute approximate surface area is 96.9 Å². The molecule has 0 saturated carbocycles. The Hall–Kier alpha value is -0.910. The van der Waals surface area contributed by atoms with Crippen LogP contribution in [-0.2, 0) is 16.6 Å². The van der Waals surface area contributed by atoms with Crippen molar-refractivity contribution in [3.05, 3.63) is 29.8 Å². The zero-order valence-corrected chi connectivity index (χ0v) is 10.4. The number of nitrogens with one attached hydrogen (secondary N) is 1. The minimum atomic E-state index is -3.44. The van der Waals surface area contributed by atoms with E-state index < -0.39 is 10.0 Å². The number of hydrogen-bond acceptors (Lipinski definition) is 3. The maximum Gasteiger partial charge on any atom is 0.241 e. The van der Waals surface area contributed by atoms with Crippen molar-refractivity contribution >= 4 is 10.0 Å². The van der Waals surface area contributed by atoms with Crippen LogP contribution in [0, 0.1) is 0 Å². The lowest BCUT2D eigenvalue weighted by Gasteiger charge is -2.14. The third-order valence-electron chi connectivity index (χ3n) is 2.45. The summed E-state index contributed by atoms with van der Waals surface area (Å²) in [6.07, 6.45) is 0.754. The smallest absolute Gasteiger partial charge is 0.241 e. The molecule has 1 aromatic carbocycles. The van der Waals surface area contributed by atoms with E-state index in [0.717, 1.165) is 6.42 Å². The second kappa shape index (κ2) is 5.43. The van der Waals surface area contributed by atoms with Crippen LogP contribution in [0.2, 0.25) is 0 Å². The quantitative estimate of drug-likeness (QED) is 0.815. The summed E-state index contributed by atoms with van der Waals surface area (Å²) in [5, 5.41) is 0. The number of nitrogens with two attached hydrogens (primary N) is 1. The number of sulfonamides is 1. The Morgan fingerprint density at radius 2 is 2.00 bits per heavy atom. The molecule has 0 amide bonds. The molecule has 0 fully saturated rings. The Bertz CT molecular complexity index is 443. The van der Waals surface area contributed by atoms with Crippen LogP contribution < -0.4 is 10.5 Å². The van der Waals surface area contributed by atoms with Gasteiger partial charge in [-0.05, 0) is 25.0 Å². The van der Waals surface area contributed by atoms with Gasteiger partial charge in [0.15, 0.2) is 0 Å². The molecule has 0 saturated heterocycles. The molecule has 4 nitrogen and oxygen atoms in total. The minimum Gasteiger partial charge on any atom is -0.326 e. The van der Waals surface area contributed by atoms with Crippen molar-refractivity contribution in [2.24, 2.45) is 5.73 Å². The van der Waals surface area contributed by atoms with Gasteiger partial charge in [-0.15, -0.1) is 0 Å². The second-order valence-electron chi connectivity index (χ2n) is 3.74. The molecule has 0 aliphatic rings. The van der Waals surface area contributed by atoms with Gasteiger partial charge in [-0.1, -0.05) is 25.1 Å². The first-order valence-corrected chi connectivity index (χ1v) is 6.80. The standard InChI is InChI=1S/C11H18N2O2S/c1-3-9(2)13-16(14,15)11-7-5-4-6-10(11)8-12/h4-7,9,13H,3,8,12H2,1-2H3. The van der Waals surface area contributed by atoms with Crippen LogP contribution in [0.25, 0.3) is 0 Å². The third kappa shape index (κ3) is 3.04. The fourth-order valence-corrected chi connectivity index (χ4v) is 2.92. The molecule has 0 spiro atoms. The van der Waals surface area contributed by atoms with E-state index in [0.29, 0.717) is 5.56 Å². The van der Waals surface area contributed by atoms with Crippen molar-refractivity contribution in [3.8, 4) is 0 Å². The van der Waals surface area contributed by atoms with Crippen molar-refractivity contribution in [2.75, 3.05) is 0 Å². The molecule has 1 rings (SSSR count). The van der Waals surface area contributed by atoms with Crippen LogP contribution in [0.5, 0.6) is 0 Å². The van der Waals surface area contributed by atoms with Gasteiger partial charge in [0.25, 0.3) is 0 Å². The van der Waals surface area contributed by atoms with Crippen LogP contribution in [0.4, 0.5) is 0 Å². The highest BCUT2D eigenvalue weighted by Gasteiger charge is 2.18. The van der Waals surface area contributed by atoms with Crippen LogP contribution in [-0.4, -0.2) is 14.5 Å². The largest absolute Gasteiger partial charge is 0.326 e.